The predicted molar refractivity (Wildman–Crippen MR) is 109 cm³/mol. The third kappa shape index (κ3) is 5.44. The molecular formula is C21H22ClF2N3O2. The van der Waals surface area contributed by atoms with Gasteiger partial charge in [0.2, 0.25) is 0 Å². The first-order chi connectivity index (χ1) is 13.8. The van der Waals surface area contributed by atoms with Crippen LogP contribution in [0.4, 0.5) is 14.6 Å². The van der Waals surface area contributed by atoms with Crippen molar-refractivity contribution in [2.75, 3.05) is 11.9 Å². The van der Waals surface area contributed by atoms with E-state index in [1.165, 1.54) is 6.08 Å². The fraction of sp³-hybridized carbons (Fsp3) is 0.333. The standard InChI is InChI=1S/C21H22ClF2N3O2/c1-13(2)12-29-15-6-7-16(22)14(10-15)11-27-9-8-19(26-27)25-21(28)20-17(23)4-3-5-18(20)24/h3-4,6-10,13,18H,5,11-12H2,1-2H3,(H,25,26,28). The van der Waals surface area contributed by atoms with E-state index in [2.05, 4.69) is 24.3 Å². The molecule has 0 aliphatic heterocycles. The summed E-state index contributed by atoms with van der Waals surface area (Å²) in [5.41, 5.74) is 0.281. The largest absolute Gasteiger partial charge is 0.493 e. The molecule has 29 heavy (non-hydrogen) atoms. The zero-order valence-corrected chi connectivity index (χ0v) is 16.9. The maximum atomic E-state index is 13.9. The van der Waals surface area contributed by atoms with Crippen LogP contribution in [0.3, 0.4) is 0 Å². The molecule has 3 rings (SSSR count). The van der Waals surface area contributed by atoms with Gasteiger partial charge in [-0.1, -0.05) is 31.5 Å². The SMILES string of the molecule is CC(C)COc1ccc(Cl)c(Cn2ccc(NC(=O)C3=C(F)C=CCC3F)n2)c1. The number of ether oxygens (including phenoxy) is 1. The number of hydrogen-bond acceptors (Lipinski definition) is 3. The van der Waals surface area contributed by atoms with Gasteiger partial charge in [-0.25, -0.2) is 8.78 Å². The molecule has 1 aliphatic carbocycles. The lowest BCUT2D eigenvalue weighted by Gasteiger charge is -2.14. The Morgan fingerprint density at radius 1 is 1.41 bits per heavy atom. The van der Waals surface area contributed by atoms with Gasteiger partial charge >= 0.3 is 0 Å². The van der Waals surface area contributed by atoms with Gasteiger partial charge in [0.15, 0.2) is 5.82 Å². The van der Waals surface area contributed by atoms with E-state index in [0.717, 1.165) is 11.6 Å². The zero-order chi connectivity index (χ0) is 21.0. The molecule has 0 saturated carbocycles. The van der Waals surface area contributed by atoms with Crippen molar-refractivity contribution in [3.63, 3.8) is 0 Å². The Labute approximate surface area is 173 Å². The van der Waals surface area contributed by atoms with Crippen molar-refractivity contribution in [3.05, 3.63) is 64.6 Å². The third-order valence-corrected chi connectivity index (χ3v) is 4.61. The number of carbonyl (C=O) groups excluding carboxylic acids is 1. The van der Waals surface area contributed by atoms with Crippen LogP contribution in [0.25, 0.3) is 0 Å². The van der Waals surface area contributed by atoms with E-state index < -0.39 is 23.5 Å². The lowest BCUT2D eigenvalue weighted by Crippen LogP contribution is -2.24. The molecule has 8 heteroatoms. The Morgan fingerprint density at radius 2 is 2.21 bits per heavy atom. The number of aromatic nitrogens is 2. The average Bonchev–Trinajstić information content (AvgIpc) is 3.09. The normalized spacial score (nSPS) is 16.4. The highest BCUT2D eigenvalue weighted by atomic mass is 35.5. The molecule has 154 valence electrons. The number of nitrogens with zero attached hydrogens (tertiary/aromatic N) is 2. The lowest BCUT2D eigenvalue weighted by atomic mass is 10.0. The molecule has 1 aromatic carbocycles. The number of amides is 1. The van der Waals surface area contributed by atoms with Crippen LogP contribution in [0.5, 0.6) is 5.75 Å². The second-order valence-corrected chi connectivity index (χ2v) is 7.59. The highest BCUT2D eigenvalue weighted by Crippen LogP contribution is 2.25. The van der Waals surface area contributed by atoms with Crippen molar-refractivity contribution in [3.8, 4) is 5.75 Å². The molecule has 0 radical (unpaired) electrons. The smallest absolute Gasteiger partial charge is 0.258 e. The van der Waals surface area contributed by atoms with Gasteiger partial charge in [0.1, 0.15) is 17.7 Å². The van der Waals surface area contributed by atoms with E-state index in [1.807, 2.05) is 6.07 Å². The van der Waals surface area contributed by atoms with Crippen LogP contribution in [0.1, 0.15) is 25.8 Å². The molecule has 1 atom stereocenters. The fourth-order valence-corrected chi connectivity index (χ4v) is 2.98. The van der Waals surface area contributed by atoms with Crippen molar-refractivity contribution in [1.29, 1.82) is 0 Å². The van der Waals surface area contributed by atoms with E-state index in [1.54, 1.807) is 29.1 Å². The summed E-state index contributed by atoms with van der Waals surface area (Å²) in [6, 6.07) is 6.95. The Bertz CT molecular complexity index is 953. The molecule has 0 bridgehead atoms. The van der Waals surface area contributed by atoms with Gasteiger partial charge in [-0.3, -0.25) is 9.48 Å². The molecule has 5 nitrogen and oxygen atoms in total. The summed E-state index contributed by atoms with van der Waals surface area (Å²) < 4.78 is 34.9. The number of anilines is 1. The number of hydrogen-bond donors (Lipinski definition) is 1. The maximum absolute atomic E-state index is 13.9. The highest BCUT2D eigenvalue weighted by molar-refractivity contribution is 6.31. The minimum atomic E-state index is -1.67. The number of allylic oxidation sites excluding steroid dienone is 3. The van der Waals surface area contributed by atoms with E-state index in [9.17, 15) is 13.6 Å². The first kappa shape index (κ1) is 21.0. The van der Waals surface area contributed by atoms with Crippen LogP contribution in [-0.2, 0) is 11.3 Å². The van der Waals surface area contributed by atoms with E-state index in [-0.39, 0.29) is 12.2 Å². The summed E-state index contributed by atoms with van der Waals surface area (Å²) in [5.74, 6) is -0.409. The molecule has 1 unspecified atom stereocenters. The number of benzene rings is 1. The highest BCUT2D eigenvalue weighted by Gasteiger charge is 2.26. The monoisotopic (exact) mass is 421 g/mol. The van der Waals surface area contributed by atoms with Crippen LogP contribution in [0.15, 0.2) is 54.0 Å². The summed E-state index contributed by atoms with van der Waals surface area (Å²) in [7, 11) is 0. The molecule has 1 heterocycles. The summed E-state index contributed by atoms with van der Waals surface area (Å²) >= 11 is 6.27. The van der Waals surface area contributed by atoms with Crippen molar-refractivity contribution < 1.29 is 18.3 Å². The quantitative estimate of drug-likeness (QED) is 0.678. The molecule has 0 fully saturated rings. The molecule has 0 saturated heterocycles. The Hall–Kier alpha value is -2.67. The predicted octanol–water partition coefficient (Wildman–Crippen LogP) is 5.08. The summed E-state index contributed by atoms with van der Waals surface area (Å²) in [6.45, 7) is 5.06. The fourth-order valence-electron chi connectivity index (χ4n) is 2.80. The van der Waals surface area contributed by atoms with Gasteiger partial charge in [-0.15, -0.1) is 0 Å². The molecule has 2 aromatic rings. The number of halogens is 3. The molecule has 1 N–H and O–H groups in total. The molecule has 1 aromatic heterocycles. The van der Waals surface area contributed by atoms with Crippen molar-refractivity contribution >= 4 is 23.3 Å². The van der Waals surface area contributed by atoms with E-state index in [0.29, 0.717) is 29.8 Å². The van der Waals surface area contributed by atoms with Crippen molar-refractivity contribution in [1.82, 2.24) is 9.78 Å². The lowest BCUT2D eigenvalue weighted by molar-refractivity contribution is -0.113. The van der Waals surface area contributed by atoms with Crippen LogP contribution in [0.2, 0.25) is 5.02 Å². The molecule has 1 amide bonds. The minimum Gasteiger partial charge on any atom is -0.493 e. The first-order valence-electron chi connectivity index (χ1n) is 9.29. The maximum Gasteiger partial charge on any atom is 0.258 e. The topological polar surface area (TPSA) is 56.1 Å². The number of rotatable bonds is 7. The zero-order valence-electron chi connectivity index (χ0n) is 16.2. The third-order valence-electron chi connectivity index (χ3n) is 4.24. The van der Waals surface area contributed by atoms with E-state index in [4.69, 9.17) is 16.3 Å². The molecular weight excluding hydrogens is 400 g/mol. The average molecular weight is 422 g/mol. The van der Waals surface area contributed by atoms with Crippen LogP contribution >= 0.6 is 11.6 Å². The Balaban J connectivity index is 1.68. The van der Waals surface area contributed by atoms with Gasteiger partial charge in [0.05, 0.1) is 18.7 Å². The number of nitrogens with one attached hydrogen (secondary N) is 1. The van der Waals surface area contributed by atoms with Gasteiger partial charge in [0, 0.05) is 23.7 Å². The van der Waals surface area contributed by atoms with Gasteiger partial charge in [-0.05, 0) is 35.8 Å². The molecule has 1 aliphatic rings. The van der Waals surface area contributed by atoms with Crippen molar-refractivity contribution in [2.24, 2.45) is 5.92 Å². The molecule has 0 spiro atoms. The summed E-state index contributed by atoms with van der Waals surface area (Å²) in [6.07, 6.45) is 2.40. The minimum absolute atomic E-state index is 0.0294. The first-order valence-corrected chi connectivity index (χ1v) is 9.67. The summed E-state index contributed by atoms with van der Waals surface area (Å²) in [5, 5.41) is 7.23. The van der Waals surface area contributed by atoms with Gasteiger partial charge in [-0.2, -0.15) is 5.10 Å². The second kappa shape index (κ2) is 9.22. The summed E-state index contributed by atoms with van der Waals surface area (Å²) in [4.78, 5) is 12.2. The van der Waals surface area contributed by atoms with E-state index >= 15 is 0 Å². The second-order valence-electron chi connectivity index (χ2n) is 7.18. The van der Waals surface area contributed by atoms with Crippen LogP contribution in [-0.4, -0.2) is 28.5 Å². The van der Waals surface area contributed by atoms with Crippen LogP contribution < -0.4 is 10.1 Å². The van der Waals surface area contributed by atoms with Crippen LogP contribution in [0, 0.1) is 5.92 Å². The number of alkyl halides is 1. The van der Waals surface area contributed by atoms with Gasteiger partial charge < -0.3 is 10.1 Å². The Morgan fingerprint density at radius 3 is 2.93 bits per heavy atom. The Kier molecular flexibility index (Phi) is 6.69. The van der Waals surface area contributed by atoms with Crippen molar-refractivity contribution in [2.45, 2.75) is 33.0 Å². The number of carbonyl (C=O) groups is 1. The van der Waals surface area contributed by atoms with Gasteiger partial charge in [0.25, 0.3) is 5.91 Å².